The molecule has 1 aromatic rings. The molecule has 0 aliphatic carbocycles. The average molecular weight is 202 g/mol. The highest BCUT2D eigenvalue weighted by Gasteiger charge is 2.09. The Morgan fingerprint density at radius 2 is 2.21 bits per heavy atom. The predicted octanol–water partition coefficient (Wildman–Crippen LogP) is 1.39. The summed E-state index contributed by atoms with van der Waals surface area (Å²) in [5.74, 6) is 4.96. The van der Waals surface area contributed by atoms with Crippen LogP contribution in [-0.4, -0.2) is 12.9 Å². The number of ether oxygens (including phenoxy) is 1. The summed E-state index contributed by atoms with van der Waals surface area (Å²) in [6.45, 7) is -2.93. The van der Waals surface area contributed by atoms with Crippen LogP contribution < -0.4 is 16.0 Å². The Morgan fingerprint density at radius 1 is 1.50 bits per heavy atom. The third kappa shape index (κ3) is 2.40. The van der Waals surface area contributed by atoms with E-state index in [1.165, 1.54) is 18.2 Å². The van der Waals surface area contributed by atoms with Gasteiger partial charge in [-0.1, -0.05) is 0 Å². The fourth-order valence-corrected chi connectivity index (χ4v) is 0.932. The molecule has 0 aromatic heterocycles. The minimum absolute atomic E-state index is 0.104. The van der Waals surface area contributed by atoms with E-state index in [0.29, 0.717) is 11.8 Å². The lowest BCUT2D eigenvalue weighted by Gasteiger charge is -2.09. The lowest BCUT2D eigenvalue weighted by Crippen LogP contribution is -2.11. The van der Waals surface area contributed by atoms with Gasteiger partial charge in [0.1, 0.15) is 6.29 Å². The van der Waals surface area contributed by atoms with Crippen LogP contribution in [0.4, 0.5) is 14.5 Å². The molecule has 0 saturated carbocycles. The zero-order chi connectivity index (χ0) is 10.6. The number of carbonyl (C=O) groups is 1. The number of rotatable bonds is 4. The number of hydrogen-bond donors (Lipinski definition) is 2. The Morgan fingerprint density at radius 3 is 2.71 bits per heavy atom. The Labute approximate surface area is 78.6 Å². The maximum Gasteiger partial charge on any atom is 0.387 e. The third-order valence-corrected chi connectivity index (χ3v) is 1.51. The van der Waals surface area contributed by atoms with Gasteiger partial charge in [-0.25, -0.2) is 0 Å². The lowest BCUT2D eigenvalue weighted by molar-refractivity contribution is -0.0493. The van der Waals surface area contributed by atoms with E-state index in [2.05, 4.69) is 10.2 Å². The highest BCUT2D eigenvalue weighted by molar-refractivity contribution is 5.78. The molecule has 0 bridgehead atoms. The molecular formula is C8H8F2N2O2. The first kappa shape index (κ1) is 10.4. The van der Waals surface area contributed by atoms with Crippen LogP contribution in [0.15, 0.2) is 18.2 Å². The average Bonchev–Trinajstić information content (AvgIpc) is 2.17. The van der Waals surface area contributed by atoms with Gasteiger partial charge in [0, 0.05) is 5.56 Å². The molecule has 0 aliphatic heterocycles. The highest BCUT2D eigenvalue weighted by atomic mass is 19.3. The smallest absolute Gasteiger partial charge is 0.387 e. The van der Waals surface area contributed by atoms with Gasteiger partial charge in [0.05, 0.1) is 5.69 Å². The van der Waals surface area contributed by atoms with Gasteiger partial charge in [0.2, 0.25) is 0 Å². The zero-order valence-electron chi connectivity index (χ0n) is 7.04. The summed E-state index contributed by atoms with van der Waals surface area (Å²) in [4.78, 5) is 10.4. The number of benzene rings is 1. The SMILES string of the molecule is NNc1cc(C=O)ccc1OC(F)F. The molecule has 76 valence electrons. The van der Waals surface area contributed by atoms with Gasteiger partial charge in [-0.3, -0.25) is 10.6 Å². The largest absolute Gasteiger partial charge is 0.433 e. The van der Waals surface area contributed by atoms with Crippen molar-refractivity contribution in [3.8, 4) is 5.75 Å². The van der Waals surface area contributed by atoms with Crippen LogP contribution >= 0.6 is 0 Å². The minimum Gasteiger partial charge on any atom is -0.433 e. The Balaban J connectivity index is 2.98. The van der Waals surface area contributed by atoms with Gasteiger partial charge in [-0.15, -0.1) is 0 Å². The van der Waals surface area contributed by atoms with E-state index in [9.17, 15) is 13.6 Å². The van der Waals surface area contributed by atoms with E-state index in [-0.39, 0.29) is 11.4 Å². The number of aldehydes is 1. The van der Waals surface area contributed by atoms with Crippen molar-refractivity contribution >= 4 is 12.0 Å². The number of halogens is 2. The molecule has 0 heterocycles. The summed E-state index contributed by atoms with van der Waals surface area (Å²) in [7, 11) is 0. The van der Waals surface area contributed by atoms with Gasteiger partial charge < -0.3 is 10.2 Å². The van der Waals surface area contributed by atoms with Crippen LogP contribution in [0.25, 0.3) is 0 Å². The first-order valence-corrected chi connectivity index (χ1v) is 3.68. The topological polar surface area (TPSA) is 64.3 Å². The number of nitrogens with one attached hydrogen (secondary N) is 1. The third-order valence-electron chi connectivity index (χ3n) is 1.51. The normalized spacial score (nSPS) is 10.0. The fraction of sp³-hybridized carbons (Fsp3) is 0.125. The molecule has 1 rings (SSSR count). The second-order valence-electron chi connectivity index (χ2n) is 2.40. The molecule has 0 amide bonds. The molecule has 3 N–H and O–H groups in total. The van der Waals surface area contributed by atoms with Gasteiger partial charge in [0.15, 0.2) is 5.75 Å². The summed E-state index contributed by atoms with van der Waals surface area (Å²) < 4.78 is 27.9. The van der Waals surface area contributed by atoms with Gasteiger partial charge in [-0.2, -0.15) is 8.78 Å². The maximum absolute atomic E-state index is 11.9. The number of nitrogen functional groups attached to an aromatic ring is 1. The molecule has 4 nitrogen and oxygen atoms in total. The standard InChI is InChI=1S/C8H8F2N2O2/c9-8(10)14-7-2-1-5(4-13)3-6(7)12-11/h1-4,8,12H,11H2. The number of alkyl halides is 2. The number of nitrogens with two attached hydrogens (primary N) is 1. The molecule has 6 heteroatoms. The molecule has 0 saturated heterocycles. The number of hydrazine groups is 1. The van der Waals surface area contributed by atoms with Crippen LogP contribution in [0.1, 0.15) is 10.4 Å². The van der Waals surface area contributed by atoms with Crippen molar-refractivity contribution in [1.29, 1.82) is 0 Å². The molecule has 0 unspecified atom stereocenters. The molecule has 0 radical (unpaired) electrons. The molecule has 0 aliphatic rings. The second kappa shape index (κ2) is 4.52. The van der Waals surface area contributed by atoms with Crippen LogP contribution in [0, 0.1) is 0 Å². The van der Waals surface area contributed by atoms with E-state index >= 15 is 0 Å². The van der Waals surface area contributed by atoms with E-state index in [4.69, 9.17) is 5.84 Å². The summed E-state index contributed by atoms with van der Waals surface area (Å²) in [6, 6.07) is 3.90. The summed E-state index contributed by atoms with van der Waals surface area (Å²) in [5, 5.41) is 0. The van der Waals surface area contributed by atoms with Gasteiger partial charge >= 0.3 is 6.61 Å². The Hall–Kier alpha value is -1.69. The Kier molecular flexibility index (Phi) is 3.35. The highest BCUT2D eigenvalue weighted by Crippen LogP contribution is 2.25. The zero-order valence-corrected chi connectivity index (χ0v) is 7.04. The number of carbonyl (C=O) groups excluding carboxylic acids is 1. The van der Waals surface area contributed by atoms with Gasteiger partial charge in [-0.05, 0) is 18.2 Å². The number of anilines is 1. The number of hydrogen-bond acceptors (Lipinski definition) is 4. The lowest BCUT2D eigenvalue weighted by atomic mass is 10.2. The molecule has 0 atom stereocenters. The quantitative estimate of drug-likeness (QED) is 0.440. The van der Waals surface area contributed by atoms with Crippen molar-refractivity contribution in [2.45, 2.75) is 6.61 Å². The van der Waals surface area contributed by atoms with Crippen molar-refractivity contribution in [3.05, 3.63) is 23.8 Å². The summed E-state index contributed by atoms with van der Waals surface area (Å²) >= 11 is 0. The van der Waals surface area contributed by atoms with Crippen LogP contribution in [0.3, 0.4) is 0 Å². The first-order valence-electron chi connectivity index (χ1n) is 3.68. The second-order valence-corrected chi connectivity index (χ2v) is 2.40. The molecule has 14 heavy (non-hydrogen) atoms. The Bertz CT molecular complexity index is 331. The van der Waals surface area contributed by atoms with Crippen LogP contribution in [0.2, 0.25) is 0 Å². The maximum atomic E-state index is 11.9. The monoisotopic (exact) mass is 202 g/mol. The van der Waals surface area contributed by atoms with Crippen LogP contribution in [-0.2, 0) is 0 Å². The molecule has 0 fully saturated rings. The van der Waals surface area contributed by atoms with Gasteiger partial charge in [0.25, 0.3) is 0 Å². The van der Waals surface area contributed by atoms with Crippen molar-refractivity contribution in [1.82, 2.24) is 0 Å². The van der Waals surface area contributed by atoms with E-state index in [1.54, 1.807) is 0 Å². The minimum atomic E-state index is -2.93. The van der Waals surface area contributed by atoms with E-state index < -0.39 is 6.61 Å². The molecular weight excluding hydrogens is 194 g/mol. The fourth-order valence-electron chi connectivity index (χ4n) is 0.932. The first-order chi connectivity index (χ1) is 6.67. The summed E-state index contributed by atoms with van der Waals surface area (Å²) in [5.41, 5.74) is 2.61. The van der Waals surface area contributed by atoms with Crippen molar-refractivity contribution in [2.24, 2.45) is 5.84 Å². The van der Waals surface area contributed by atoms with Crippen molar-refractivity contribution < 1.29 is 18.3 Å². The molecule has 0 spiro atoms. The van der Waals surface area contributed by atoms with Crippen LogP contribution in [0.5, 0.6) is 5.75 Å². The molecule has 1 aromatic carbocycles. The van der Waals surface area contributed by atoms with E-state index in [0.717, 1.165) is 0 Å². The predicted molar refractivity (Wildman–Crippen MR) is 46.3 cm³/mol. The summed E-state index contributed by atoms with van der Waals surface area (Å²) in [6.07, 6.45) is 0.576. The van der Waals surface area contributed by atoms with Crippen molar-refractivity contribution in [3.63, 3.8) is 0 Å². The van der Waals surface area contributed by atoms with E-state index in [1.807, 2.05) is 0 Å². The van der Waals surface area contributed by atoms with Crippen molar-refractivity contribution in [2.75, 3.05) is 5.43 Å².